The second-order valence-electron chi connectivity index (χ2n) is 14.2. The molecule has 11 atom stereocenters. The number of rotatable bonds is 12. The van der Waals surface area contributed by atoms with Crippen LogP contribution in [0.15, 0.2) is 0 Å². The van der Waals surface area contributed by atoms with E-state index in [1.54, 1.807) is 69.2 Å². The summed E-state index contributed by atoms with van der Waals surface area (Å²) in [6, 6.07) is 0. The molecule has 6 heterocycles. The van der Waals surface area contributed by atoms with E-state index in [1.165, 1.54) is 0 Å². The van der Waals surface area contributed by atoms with Gasteiger partial charge in [-0.25, -0.2) is 0 Å². The van der Waals surface area contributed by atoms with Gasteiger partial charge in [-0.1, -0.05) is 0 Å². The van der Waals surface area contributed by atoms with Gasteiger partial charge in [0.2, 0.25) is 0 Å². The average Bonchev–Trinajstić information content (AvgIpc) is 3.69. The summed E-state index contributed by atoms with van der Waals surface area (Å²) in [5.41, 5.74) is 0. The number of hydrogen-bond acceptors (Lipinski definition) is 16. The van der Waals surface area contributed by atoms with Crippen LogP contribution in [0.4, 0.5) is 0 Å². The van der Waals surface area contributed by atoms with E-state index in [4.69, 9.17) is 65.5 Å². The Morgan fingerprint density at radius 2 is 1.15 bits per heavy atom. The highest BCUT2D eigenvalue weighted by molar-refractivity contribution is 7.71. The molecule has 0 aromatic rings. The molecule has 272 valence electrons. The standard InChI is InChI=1S/C29H50O16P2/c1-11-33-46(30,34-12-2)15-47(31,35-14-16-19-20(40-27(5,6)39-19)22-24(36-16)43-28(7,8)41-22)45-21-18(17-13-32-26(3,4)38-17)37-25-23(21)42-29(9,10)44-25/h16-25H,11-15H2,1-10H3/t16-,17-,18-,19+,20+,21-,22-,23-,24-,25-,47?/m1/s1. The van der Waals surface area contributed by atoms with Gasteiger partial charge >= 0.3 is 15.2 Å². The smallest absolute Gasteiger partial charge is 0.343 e. The van der Waals surface area contributed by atoms with Crippen molar-refractivity contribution in [3.63, 3.8) is 0 Å². The third-order valence-electron chi connectivity index (χ3n) is 8.39. The van der Waals surface area contributed by atoms with Gasteiger partial charge in [-0.05, 0) is 69.2 Å². The van der Waals surface area contributed by atoms with Gasteiger partial charge in [0.1, 0.15) is 48.8 Å². The highest BCUT2D eigenvalue weighted by Gasteiger charge is 2.63. The van der Waals surface area contributed by atoms with Crippen molar-refractivity contribution in [1.82, 2.24) is 0 Å². The van der Waals surface area contributed by atoms with Crippen molar-refractivity contribution in [1.29, 1.82) is 0 Å². The molecule has 0 spiro atoms. The van der Waals surface area contributed by atoms with Crippen LogP contribution in [0.25, 0.3) is 0 Å². The van der Waals surface area contributed by atoms with E-state index in [-0.39, 0.29) is 26.4 Å². The largest absolute Gasteiger partial charge is 0.348 e. The second kappa shape index (κ2) is 12.8. The van der Waals surface area contributed by atoms with E-state index in [0.29, 0.717) is 0 Å². The van der Waals surface area contributed by atoms with Crippen molar-refractivity contribution in [2.45, 2.75) is 154 Å². The lowest BCUT2D eigenvalue weighted by Crippen LogP contribution is -2.56. The first kappa shape index (κ1) is 36.7. The maximum atomic E-state index is 15.0. The molecule has 0 bridgehead atoms. The number of ether oxygens (including phenoxy) is 10. The van der Waals surface area contributed by atoms with E-state index >= 15 is 0 Å². The molecule has 0 amide bonds. The van der Waals surface area contributed by atoms with Crippen molar-refractivity contribution in [3.05, 3.63) is 0 Å². The Labute approximate surface area is 275 Å². The highest BCUT2D eigenvalue weighted by Crippen LogP contribution is 2.66. The Morgan fingerprint density at radius 1 is 0.596 bits per heavy atom. The summed E-state index contributed by atoms with van der Waals surface area (Å²) in [4.78, 5) is 0. The summed E-state index contributed by atoms with van der Waals surface area (Å²) >= 11 is 0. The average molecular weight is 717 g/mol. The summed E-state index contributed by atoms with van der Waals surface area (Å²) in [6.07, 6.45) is -7.65. The molecule has 6 rings (SSSR count). The van der Waals surface area contributed by atoms with Crippen molar-refractivity contribution >= 4 is 15.2 Å². The van der Waals surface area contributed by atoms with Crippen LogP contribution in [0, 0.1) is 0 Å². The topological polar surface area (TPSA) is 163 Å². The molecule has 0 aliphatic carbocycles. The van der Waals surface area contributed by atoms with Gasteiger partial charge in [0.25, 0.3) is 0 Å². The molecule has 6 aliphatic rings. The molecule has 1 unspecified atom stereocenters. The zero-order chi connectivity index (χ0) is 34.2. The molecule has 0 aromatic heterocycles. The molecule has 6 aliphatic heterocycles. The van der Waals surface area contributed by atoms with Crippen LogP contribution in [0.5, 0.6) is 0 Å². The van der Waals surface area contributed by atoms with Crippen LogP contribution in [0.2, 0.25) is 0 Å². The molecule has 0 aromatic carbocycles. The second-order valence-corrected chi connectivity index (χ2v) is 18.8. The SMILES string of the molecule is CCOP(=O)(CP(=O)(OC[C@H]1O[C@@H]2OC(C)(C)O[C@@H]2[C@H]2OC(C)(C)O[C@H]21)O[C@H]1[C@H]2OC(C)(C)O[C@H]2O[C@@H]1[C@H]1COC(C)(C)O1)OCC. The van der Waals surface area contributed by atoms with Crippen molar-refractivity contribution in [2.75, 3.05) is 32.3 Å². The van der Waals surface area contributed by atoms with Crippen LogP contribution in [-0.2, 0) is 74.6 Å². The third kappa shape index (κ3) is 7.89. The number of fused-ring (bicyclic) bond motifs is 4. The Hall–Kier alpha value is -0.100. The van der Waals surface area contributed by atoms with Gasteiger partial charge in [0.05, 0.1) is 26.4 Å². The monoisotopic (exact) mass is 716 g/mol. The summed E-state index contributed by atoms with van der Waals surface area (Å²) < 4.78 is 114. The van der Waals surface area contributed by atoms with Crippen LogP contribution in [0.1, 0.15) is 69.2 Å². The van der Waals surface area contributed by atoms with Gasteiger partial charge < -0.3 is 60.9 Å². The summed E-state index contributed by atoms with van der Waals surface area (Å²) in [6.45, 7) is 17.4. The van der Waals surface area contributed by atoms with Crippen molar-refractivity contribution < 1.29 is 74.6 Å². The third-order valence-corrected chi connectivity index (χ3v) is 13.6. The molecule has 6 saturated heterocycles. The van der Waals surface area contributed by atoms with Gasteiger partial charge in [0, 0.05) is 0 Å². The van der Waals surface area contributed by atoms with E-state index in [1.807, 2.05) is 0 Å². The van der Waals surface area contributed by atoms with Crippen molar-refractivity contribution in [3.8, 4) is 0 Å². The first-order chi connectivity index (χ1) is 21.7. The zero-order valence-corrected chi connectivity index (χ0v) is 30.5. The Bertz CT molecular complexity index is 1230. The first-order valence-electron chi connectivity index (χ1n) is 16.2. The lowest BCUT2D eigenvalue weighted by Gasteiger charge is -2.38. The molecule has 0 saturated carbocycles. The van der Waals surface area contributed by atoms with Crippen LogP contribution in [-0.4, -0.2) is 117 Å². The summed E-state index contributed by atoms with van der Waals surface area (Å²) in [5, 5.41) is 0. The van der Waals surface area contributed by atoms with Gasteiger partial charge in [0.15, 0.2) is 41.6 Å². The predicted octanol–water partition coefficient (Wildman–Crippen LogP) is 4.23. The maximum absolute atomic E-state index is 15.0. The quantitative estimate of drug-likeness (QED) is 0.264. The lowest BCUT2D eigenvalue weighted by molar-refractivity contribution is -0.239. The summed E-state index contributed by atoms with van der Waals surface area (Å²) in [7, 11) is -8.40. The van der Waals surface area contributed by atoms with E-state index in [9.17, 15) is 9.13 Å². The van der Waals surface area contributed by atoms with Crippen LogP contribution < -0.4 is 0 Å². The van der Waals surface area contributed by atoms with Gasteiger partial charge in [-0.3, -0.25) is 13.7 Å². The zero-order valence-electron chi connectivity index (χ0n) is 28.7. The van der Waals surface area contributed by atoms with Gasteiger partial charge in [-0.2, -0.15) is 0 Å². The fraction of sp³-hybridized carbons (Fsp3) is 1.00. The molecule has 16 nitrogen and oxygen atoms in total. The van der Waals surface area contributed by atoms with E-state index < -0.39 is 106 Å². The minimum Gasteiger partial charge on any atom is -0.348 e. The minimum atomic E-state index is -4.41. The molecule has 0 radical (unpaired) electrons. The maximum Gasteiger partial charge on any atom is 0.343 e. The Morgan fingerprint density at radius 3 is 1.74 bits per heavy atom. The highest BCUT2D eigenvalue weighted by atomic mass is 31.2. The molecule has 6 fully saturated rings. The minimum absolute atomic E-state index is 0.0383. The first-order valence-corrected chi connectivity index (χ1v) is 19.7. The number of hydrogen-bond donors (Lipinski definition) is 0. The van der Waals surface area contributed by atoms with Crippen LogP contribution in [0.3, 0.4) is 0 Å². The molecule has 0 N–H and O–H groups in total. The normalized spacial score (nSPS) is 42.6. The molecule has 47 heavy (non-hydrogen) atoms. The van der Waals surface area contributed by atoms with E-state index in [0.717, 1.165) is 0 Å². The van der Waals surface area contributed by atoms with E-state index in [2.05, 4.69) is 0 Å². The van der Waals surface area contributed by atoms with Crippen LogP contribution >= 0.6 is 15.2 Å². The van der Waals surface area contributed by atoms with Gasteiger partial charge in [-0.15, -0.1) is 0 Å². The Balaban J connectivity index is 1.28. The molecular weight excluding hydrogens is 666 g/mol. The fourth-order valence-corrected chi connectivity index (χ4v) is 11.7. The Kier molecular flexibility index (Phi) is 10.0. The van der Waals surface area contributed by atoms with Crippen molar-refractivity contribution in [2.24, 2.45) is 0 Å². The summed E-state index contributed by atoms with van der Waals surface area (Å²) in [5.74, 6) is -4.49. The molecule has 18 heteroatoms. The lowest BCUT2D eigenvalue weighted by atomic mass is 9.99. The fourth-order valence-electron chi connectivity index (χ4n) is 6.83. The predicted molar refractivity (Wildman–Crippen MR) is 160 cm³/mol. The molecular formula is C29H50O16P2.